The van der Waals surface area contributed by atoms with Crippen LogP contribution in [0, 0.1) is 39.4 Å². The molecule has 2 fully saturated rings. The van der Waals surface area contributed by atoms with Gasteiger partial charge in [-0.2, -0.15) is 0 Å². The molecule has 0 aliphatic heterocycles. The van der Waals surface area contributed by atoms with Crippen molar-refractivity contribution >= 4 is 17.5 Å². The van der Waals surface area contributed by atoms with Crippen molar-refractivity contribution in [1.82, 2.24) is 0 Å². The van der Waals surface area contributed by atoms with Crippen molar-refractivity contribution in [3.8, 4) is 0 Å². The first-order chi connectivity index (χ1) is 15.7. The summed E-state index contributed by atoms with van der Waals surface area (Å²) < 4.78 is 0. The van der Waals surface area contributed by atoms with Crippen LogP contribution in [0.1, 0.15) is 106 Å². The monoisotopic (exact) mass is 468 g/mol. The Morgan fingerprint density at radius 1 is 1.09 bits per heavy atom. The number of hydrogen-bond donors (Lipinski definition) is 1. The third kappa shape index (κ3) is 3.41. The van der Waals surface area contributed by atoms with Gasteiger partial charge in [-0.1, -0.05) is 53.2 Å². The Morgan fingerprint density at radius 2 is 1.76 bits per heavy atom. The van der Waals surface area contributed by atoms with Crippen molar-refractivity contribution < 1.29 is 19.5 Å². The molecule has 188 valence electrons. The van der Waals surface area contributed by atoms with E-state index in [2.05, 4.69) is 41.5 Å². The molecule has 4 aliphatic carbocycles. The molecule has 0 amide bonds. The van der Waals surface area contributed by atoms with E-state index < -0.39 is 11.4 Å². The van der Waals surface area contributed by atoms with Crippen molar-refractivity contribution in [3.63, 3.8) is 0 Å². The quantitative estimate of drug-likeness (QED) is 0.444. The van der Waals surface area contributed by atoms with Crippen LogP contribution in [-0.2, 0) is 14.4 Å². The molecule has 0 aromatic carbocycles. The van der Waals surface area contributed by atoms with Gasteiger partial charge in [-0.25, -0.2) is 4.79 Å². The number of carbonyl (C=O) groups is 3. The summed E-state index contributed by atoms with van der Waals surface area (Å²) >= 11 is 0. The maximum Gasteiger partial charge on any atom is 0.330 e. The van der Waals surface area contributed by atoms with Crippen LogP contribution in [0.3, 0.4) is 0 Å². The van der Waals surface area contributed by atoms with Crippen LogP contribution in [-0.4, -0.2) is 22.6 Å². The van der Waals surface area contributed by atoms with Crippen LogP contribution in [0.5, 0.6) is 0 Å². The first kappa shape index (κ1) is 25.4. The minimum atomic E-state index is -0.838. The van der Waals surface area contributed by atoms with Gasteiger partial charge in [0.2, 0.25) is 0 Å². The third-order valence-electron chi connectivity index (χ3n) is 11.5. The van der Waals surface area contributed by atoms with Crippen molar-refractivity contribution in [2.24, 2.45) is 39.4 Å². The van der Waals surface area contributed by atoms with Crippen molar-refractivity contribution in [1.29, 1.82) is 0 Å². The molecule has 0 heterocycles. The van der Waals surface area contributed by atoms with Gasteiger partial charge in [0.25, 0.3) is 0 Å². The summed E-state index contributed by atoms with van der Waals surface area (Å²) in [5.41, 5.74) is 2.44. The summed E-state index contributed by atoms with van der Waals surface area (Å²) in [4.78, 5) is 37.8. The molecular weight excluding hydrogens is 424 g/mol. The Hall–Kier alpha value is -1.71. The van der Waals surface area contributed by atoms with Gasteiger partial charge in [-0.05, 0) is 80.5 Å². The standard InChI is InChI=1S/C30H44O4/c1-18(9-8-10-19(2)26(33)34)20-11-16-30(7)25-21(12-15-29(20,30)6)28(5)14-13-24(32)27(3,4)23(28)17-22(25)31/h10,18,20,23H,8-9,11-17H2,1-7H3,(H,33,34)/b19-10+/t18?,20-,23+,28-,29-,30+/m1/s1. The molecule has 0 aromatic heterocycles. The number of ketones is 2. The van der Waals surface area contributed by atoms with Crippen LogP contribution >= 0.6 is 0 Å². The first-order valence-electron chi connectivity index (χ1n) is 13.4. The Morgan fingerprint density at radius 3 is 2.41 bits per heavy atom. The molecule has 4 heteroatoms. The van der Waals surface area contributed by atoms with E-state index in [0.29, 0.717) is 41.8 Å². The average molecular weight is 469 g/mol. The van der Waals surface area contributed by atoms with Gasteiger partial charge >= 0.3 is 5.97 Å². The van der Waals surface area contributed by atoms with E-state index >= 15 is 0 Å². The smallest absolute Gasteiger partial charge is 0.330 e. The molecule has 0 spiro atoms. The third-order valence-corrected chi connectivity index (χ3v) is 11.5. The van der Waals surface area contributed by atoms with E-state index in [1.54, 1.807) is 6.92 Å². The van der Waals surface area contributed by atoms with Crippen molar-refractivity contribution in [2.75, 3.05) is 0 Å². The van der Waals surface area contributed by atoms with E-state index in [-0.39, 0.29) is 22.2 Å². The number of hydrogen-bond acceptors (Lipinski definition) is 3. The van der Waals surface area contributed by atoms with Crippen molar-refractivity contribution in [2.45, 2.75) is 106 Å². The van der Waals surface area contributed by atoms with Gasteiger partial charge in [0.1, 0.15) is 5.78 Å². The molecule has 4 rings (SSSR count). The van der Waals surface area contributed by atoms with E-state index in [0.717, 1.165) is 50.5 Å². The highest BCUT2D eigenvalue weighted by atomic mass is 16.4. The molecule has 0 aromatic rings. The molecule has 1 N–H and O–H groups in total. The van der Waals surface area contributed by atoms with Gasteiger partial charge in [-0.15, -0.1) is 0 Å². The first-order valence-corrected chi connectivity index (χ1v) is 13.4. The number of allylic oxidation sites excluding steroid dienone is 3. The van der Waals surface area contributed by atoms with Gasteiger partial charge < -0.3 is 5.11 Å². The molecular formula is C30H44O4. The van der Waals surface area contributed by atoms with E-state index in [9.17, 15) is 14.4 Å². The lowest BCUT2D eigenvalue weighted by molar-refractivity contribution is -0.142. The fraction of sp³-hybridized carbons (Fsp3) is 0.767. The highest BCUT2D eigenvalue weighted by Crippen LogP contribution is 2.71. The van der Waals surface area contributed by atoms with Crippen molar-refractivity contribution in [3.05, 3.63) is 22.8 Å². The van der Waals surface area contributed by atoms with Crippen LogP contribution in [0.4, 0.5) is 0 Å². The van der Waals surface area contributed by atoms with Crippen LogP contribution in [0.25, 0.3) is 0 Å². The zero-order chi connectivity index (χ0) is 25.3. The number of Topliss-reactive ketones (excluding diaryl/α,β-unsaturated/α-hetero) is 2. The normalized spacial score (nSPS) is 40.5. The number of rotatable bonds is 5. The predicted octanol–water partition coefficient (Wildman–Crippen LogP) is 6.93. The molecule has 4 nitrogen and oxygen atoms in total. The summed E-state index contributed by atoms with van der Waals surface area (Å²) in [5, 5.41) is 9.15. The Kier molecular flexibility index (Phi) is 6.10. The van der Waals surface area contributed by atoms with Gasteiger partial charge in [-0.3, -0.25) is 9.59 Å². The fourth-order valence-electron chi connectivity index (χ4n) is 8.97. The second-order valence-corrected chi connectivity index (χ2v) is 13.2. The van der Waals surface area contributed by atoms with Gasteiger partial charge in [0.05, 0.1) is 0 Å². The van der Waals surface area contributed by atoms with E-state index in [4.69, 9.17) is 5.11 Å². The Labute approximate surface area is 205 Å². The van der Waals surface area contributed by atoms with Crippen LogP contribution in [0.15, 0.2) is 22.8 Å². The predicted molar refractivity (Wildman–Crippen MR) is 134 cm³/mol. The van der Waals surface area contributed by atoms with Crippen LogP contribution in [0.2, 0.25) is 0 Å². The zero-order valence-corrected chi connectivity index (χ0v) is 22.3. The van der Waals surface area contributed by atoms with Gasteiger partial charge in [0.15, 0.2) is 5.78 Å². The minimum Gasteiger partial charge on any atom is -0.478 e. The Balaban J connectivity index is 1.66. The highest BCUT2D eigenvalue weighted by molar-refractivity contribution is 6.00. The van der Waals surface area contributed by atoms with E-state index in [1.165, 1.54) is 5.57 Å². The molecule has 4 aliphatic rings. The molecule has 0 saturated heterocycles. The fourth-order valence-corrected chi connectivity index (χ4v) is 8.97. The second kappa shape index (κ2) is 8.17. The SMILES string of the molecule is C/C(=C\CCC(C)[C@H]1CC[C@@]2(C)C3=C(CC[C@]12C)[C@@]1(C)CCC(=O)C(C)(C)[C@@H]1CC3=O)C(=O)O. The lowest BCUT2D eigenvalue weighted by Crippen LogP contribution is -2.56. The molecule has 1 unspecified atom stereocenters. The van der Waals surface area contributed by atoms with Crippen LogP contribution < -0.4 is 0 Å². The number of aliphatic carboxylic acids is 1. The summed E-state index contributed by atoms with van der Waals surface area (Å²) in [5.74, 6) is 0.923. The lowest BCUT2D eigenvalue weighted by atomic mass is 9.43. The average Bonchev–Trinajstić information content (AvgIpc) is 3.04. The van der Waals surface area contributed by atoms with E-state index in [1.807, 2.05) is 6.08 Å². The zero-order valence-electron chi connectivity index (χ0n) is 22.3. The molecule has 0 radical (unpaired) electrons. The maximum atomic E-state index is 13.9. The second-order valence-electron chi connectivity index (χ2n) is 13.2. The maximum absolute atomic E-state index is 13.9. The summed E-state index contributed by atoms with van der Waals surface area (Å²) in [7, 11) is 0. The largest absolute Gasteiger partial charge is 0.478 e. The number of carboxylic acids is 1. The molecule has 0 bridgehead atoms. The number of carbonyl (C=O) groups excluding carboxylic acids is 2. The number of fused-ring (bicyclic) bond motifs is 4. The highest BCUT2D eigenvalue weighted by Gasteiger charge is 2.65. The molecule has 34 heavy (non-hydrogen) atoms. The molecule has 6 atom stereocenters. The van der Waals surface area contributed by atoms with Gasteiger partial charge in [0, 0.05) is 34.8 Å². The lowest BCUT2D eigenvalue weighted by Gasteiger charge is -2.60. The summed E-state index contributed by atoms with van der Waals surface area (Å²) in [6.07, 6.45) is 9.91. The Bertz CT molecular complexity index is 984. The number of carboxylic acid groups (broad SMARTS) is 1. The summed E-state index contributed by atoms with van der Waals surface area (Å²) in [6.45, 7) is 15.3. The minimum absolute atomic E-state index is 0.0478. The summed E-state index contributed by atoms with van der Waals surface area (Å²) in [6, 6.07) is 0. The molecule has 2 saturated carbocycles. The topological polar surface area (TPSA) is 71.4 Å².